The van der Waals surface area contributed by atoms with Crippen LogP contribution in [0.15, 0.2) is 12.1 Å². The van der Waals surface area contributed by atoms with Crippen LogP contribution in [0, 0.1) is 5.82 Å². The molecule has 0 spiro atoms. The number of ether oxygens (including phenoxy) is 1. The van der Waals surface area contributed by atoms with Gasteiger partial charge in [-0.25, -0.2) is 4.39 Å². The predicted molar refractivity (Wildman–Crippen MR) is 53.2 cm³/mol. The molecule has 1 aromatic carbocycles. The number of carbonyl (C=O) groups is 1. The average Bonchev–Trinajstić information content (AvgIpc) is 3.02. The van der Waals surface area contributed by atoms with Gasteiger partial charge in [0.1, 0.15) is 5.75 Å². The third-order valence-corrected chi connectivity index (χ3v) is 2.94. The Bertz CT molecular complexity index is 452. The summed E-state index contributed by atoms with van der Waals surface area (Å²) in [6.07, 6.45) is 0.952. The number of hydrogen-bond acceptors (Lipinski definition) is 3. The van der Waals surface area contributed by atoms with Crippen molar-refractivity contribution in [1.29, 1.82) is 0 Å². The van der Waals surface area contributed by atoms with Crippen molar-refractivity contribution in [2.24, 2.45) is 0 Å². The van der Waals surface area contributed by atoms with Gasteiger partial charge in [0.15, 0.2) is 11.6 Å². The Labute approximate surface area is 91.3 Å². The lowest BCUT2D eigenvalue weighted by atomic mass is 9.95. The first-order valence-electron chi connectivity index (χ1n) is 4.81. The minimum Gasteiger partial charge on any atom is -0.505 e. The highest BCUT2D eigenvalue weighted by molar-refractivity contribution is 5.86. The summed E-state index contributed by atoms with van der Waals surface area (Å²) >= 11 is 0. The van der Waals surface area contributed by atoms with Crippen LogP contribution >= 0.6 is 0 Å². The molecule has 4 nitrogen and oxygen atoms in total. The molecular weight excluding hydrogens is 215 g/mol. The van der Waals surface area contributed by atoms with Crippen LogP contribution in [0.5, 0.6) is 11.5 Å². The van der Waals surface area contributed by atoms with Crippen LogP contribution in [0.3, 0.4) is 0 Å². The first-order valence-corrected chi connectivity index (χ1v) is 4.81. The predicted octanol–water partition coefficient (Wildman–Crippen LogP) is 1.66. The van der Waals surface area contributed by atoms with Crippen LogP contribution in [0.25, 0.3) is 0 Å². The summed E-state index contributed by atoms with van der Waals surface area (Å²) in [5, 5.41) is 18.4. The fraction of sp³-hybridized carbons (Fsp3) is 0.364. The molecule has 0 aliphatic heterocycles. The third kappa shape index (κ3) is 1.39. The van der Waals surface area contributed by atoms with Crippen molar-refractivity contribution in [3.05, 3.63) is 23.5 Å². The Hall–Kier alpha value is -1.78. The van der Waals surface area contributed by atoms with Crippen molar-refractivity contribution in [2.75, 3.05) is 7.11 Å². The van der Waals surface area contributed by atoms with Crippen molar-refractivity contribution >= 4 is 5.97 Å². The molecule has 86 valence electrons. The molecule has 1 aromatic rings. The van der Waals surface area contributed by atoms with Gasteiger partial charge in [-0.1, -0.05) is 0 Å². The molecule has 2 rings (SSSR count). The SMILES string of the molecule is COc1cc(F)c(O)cc1C1(C(=O)O)CC1. The number of rotatable bonds is 3. The lowest BCUT2D eigenvalue weighted by molar-refractivity contribution is -0.140. The lowest BCUT2D eigenvalue weighted by Crippen LogP contribution is -2.20. The van der Waals surface area contributed by atoms with E-state index in [0.717, 1.165) is 12.1 Å². The van der Waals surface area contributed by atoms with Crippen molar-refractivity contribution in [3.8, 4) is 11.5 Å². The van der Waals surface area contributed by atoms with E-state index in [1.165, 1.54) is 7.11 Å². The van der Waals surface area contributed by atoms with E-state index in [2.05, 4.69) is 0 Å². The van der Waals surface area contributed by atoms with Crippen LogP contribution in [0.2, 0.25) is 0 Å². The highest BCUT2D eigenvalue weighted by Gasteiger charge is 2.53. The fourth-order valence-electron chi connectivity index (χ4n) is 1.81. The Kier molecular flexibility index (Phi) is 2.26. The molecule has 0 radical (unpaired) electrons. The van der Waals surface area contributed by atoms with Gasteiger partial charge in [0.05, 0.1) is 12.5 Å². The number of phenolic OH excluding ortho intramolecular Hbond substituents is 1. The number of halogens is 1. The number of carboxylic acids is 1. The summed E-state index contributed by atoms with van der Waals surface area (Å²) < 4.78 is 18.0. The minimum absolute atomic E-state index is 0.162. The summed E-state index contributed by atoms with van der Waals surface area (Å²) in [6, 6.07) is 2.14. The van der Waals surface area contributed by atoms with E-state index in [0.29, 0.717) is 18.4 Å². The molecule has 1 aliphatic rings. The fourth-order valence-corrected chi connectivity index (χ4v) is 1.81. The molecule has 2 N–H and O–H groups in total. The van der Waals surface area contributed by atoms with Crippen LogP contribution in [-0.2, 0) is 10.2 Å². The first-order chi connectivity index (χ1) is 7.51. The van der Waals surface area contributed by atoms with Gasteiger partial charge in [-0.05, 0) is 18.9 Å². The van der Waals surface area contributed by atoms with Gasteiger partial charge < -0.3 is 14.9 Å². The normalized spacial score (nSPS) is 16.9. The zero-order valence-electron chi connectivity index (χ0n) is 8.66. The zero-order chi connectivity index (χ0) is 11.9. The molecule has 1 aliphatic carbocycles. The molecule has 5 heteroatoms. The van der Waals surface area contributed by atoms with Crippen LogP contribution in [0.1, 0.15) is 18.4 Å². The average molecular weight is 226 g/mol. The molecular formula is C11H11FO4. The van der Waals surface area contributed by atoms with E-state index in [4.69, 9.17) is 9.84 Å². The minimum atomic E-state index is -1.02. The summed E-state index contributed by atoms with van der Waals surface area (Å²) in [5.41, 5.74) is -0.683. The Morgan fingerprint density at radius 3 is 2.56 bits per heavy atom. The van der Waals surface area contributed by atoms with Gasteiger partial charge in [0.2, 0.25) is 0 Å². The molecule has 0 unspecified atom stereocenters. The number of hydrogen-bond donors (Lipinski definition) is 2. The summed E-state index contributed by atoms with van der Waals surface area (Å²) in [6.45, 7) is 0. The molecule has 0 amide bonds. The largest absolute Gasteiger partial charge is 0.505 e. The van der Waals surface area contributed by atoms with Crippen LogP contribution in [-0.4, -0.2) is 23.3 Å². The standard InChI is InChI=1S/C11H11FO4/c1-16-9-5-7(12)8(13)4-6(9)11(2-3-11)10(14)15/h4-5,13H,2-3H2,1H3,(H,14,15). The van der Waals surface area contributed by atoms with Crippen molar-refractivity contribution < 1.29 is 24.1 Å². The molecule has 1 saturated carbocycles. The number of aliphatic carboxylic acids is 1. The molecule has 0 bridgehead atoms. The number of carboxylic acid groups (broad SMARTS) is 1. The summed E-state index contributed by atoms with van der Waals surface area (Å²) in [7, 11) is 1.34. The monoisotopic (exact) mass is 226 g/mol. The molecule has 0 saturated heterocycles. The van der Waals surface area contributed by atoms with Gasteiger partial charge in [0, 0.05) is 11.6 Å². The highest BCUT2D eigenvalue weighted by Crippen LogP contribution is 2.52. The van der Waals surface area contributed by atoms with Crippen molar-refractivity contribution in [2.45, 2.75) is 18.3 Å². The Morgan fingerprint density at radius 1 is 1.50 bits per heavy atom. The summed E-state index contributed by atoms with van der Waals surface area (Å²) in [5.74, 6) is -2.18. The van der Waals surface area contributed by atoms with Crippen LogP contribution in [0.4, 0.5) is 4.39 Å². The maximum atomic E-state index is 13.1. The summed E-state index contributed by atoms with van der Waals surface area (Å²) in [4.78, 5) is 11.1. The molecule has 16 heavy (non-hydrogen) atoms. The number of benzene rings is 1. The number of aromatic hydroxyl groups is 1. The van der Waals surface area contributed by atoms with E-state index < -0.39 is 23.0 Å². The van der Waals surface area contributed by atoms with Crippen molar-refractivity contribution in [1.82, 2.24) is 0 Å². The van der Waals surface area contributed by atoms with Gasteiger partial charge in [-0.2, -0.15) is 0 Å². The Morgan fingerprint density at radius 2 is 2.12 bits per heavy atom. The smallest absolute Gasteiger partial charge is 0.314 e. The van der Waals surface area contributed by atoms with E-state index in [9.17, 15) is 14.3 Å². The zero-order valence-corrected chi connectivity index (χ0v) is 8.66. The van der Waals surface area contributed by atoms with E-state index in [1.54, 1.807) is 0 Å². The molecule has 0 aromatic heterocycles. The topological polar surface area (TPSA) is 66.8 Å². The van der Waals surface area contributed by atoms with Gasteiger partial charge in [-0.3, -0.25) is 4.79 Å². The first kappa shape index (κ1) is 10.7. The van der Waals surface area contributed by atoms with Gasteiger partial charge in [0.25, 0.3) is 0 Å². The second kappa shape index (κ2) is 3.37. The second-order valence-electron chi connectivity index (χ2n) is 3.89. The van der Waals surface area contributed by atoms with Crippen molar-refractivity contribution in [3.63, 3.8) is 0 Å². The van der Waals surface area contributed by atoms with Crippen LogP contribution < -0.4 is 4.74 Å². The maximum Gasteiger partial charge on any atom is 0.314 e. The van der Waals surface area contributed by atoms with Gasteiger partial charge >= 0.3 is 5.97 Å². The maximum absolute atomic E-state index is 13.1. The number of methoxy groups -OCH3 is 1. The third-order valence-electron chi connectivity index (χ3n) is 2.94. The lowest BCUT2D eigenvalue weighted by Gasteiger charge is -2.15. The second-order valence-corrected chi connectivity index (χ2v) is 3.89. The van der Waals surface area contributed by atoms with E-state index in [1.807, 2.05) is 0 Å². The molecule has 0 heterocycles. The van der Waals surface area contributed by atoms with Gasteiger partial charge in [-0.15, -0.1) is 0 Å². The molecule has 0 atom stereocenters. The Balaban J connectivity index is 2.56. The van der Waals surface area contributed by atoms with E-state index >= 15 is 0 Å². The number of phenols is 1. The quantitative estimate of drug-likeness (QED) is 0.822. The van der Waals surface area contributed by atoms with E-state index in [-0.39, 0.29) is 5.75 Å². The molecule has 1 fully saturated rings. The highest BCUT2D eigenvalue weighted by atomic mass is 19.1.